The Kier molecular flexibility index (Phi) is 5.13. The van der Waals surface area contributed by atoms with E-state index in [-0.39, 0.29) is 11.7 Å². The molecule has 1 aromatic carbocycles. The molecular formula is C17H21NO2. The Morgan fingerprint density at radius 3 is 2.45 bits per heavy atom. The molecule has 0 bridgehead atoms. The average Bonchev–Trinajstić information content (AvgIpc) is 2.92. The summed E-state index contributed by atoms with van der Waals surface area (Å²) in [6.07, 6.45) is 1.67. The first-order chi connectivity index (χ1) is 9.65. The summed E-state index contributed by atoms with van der Waals surface area (Å²) in [4.78, 5) is 14.1. The molecule has 0 fully saturated rings. The molecule has 0 spiro atoms. The Morgan fingerprint density at radius 2 is 1.85 bits per heavy atom. The summed E-state index contributed by atoms with van der Waals surface area (Å²) in [5.41, 5.74) is 1.20. The first-order valence-electron chi connectivity index (χ1n) is 6.96. The van der Waals surface area contributed by atoms with Crippen LogP contribution in [0.25, 0.3) is 0 Å². The minimum atomic E-state index is 0.0601. The van der Waals surface area contributed by atoms with Crippen LogP contribution in [0.4, 0.5) is 0 Å². The fourth-order valence-corrected chi connectivity index (χ4v) is 2.04. The monoisotopic (exact) mass is 271 g/mol. The molecular weight excluding hydrogens is 250 g/mol. The van der Waals surface area contributed by atoms with Crippen LogP contribution >= 0.6 is 0 Å². The van der Waals surface area contributed by atoms with Gasteiger partial charge in [0.15, 0.2) is 0 Å². The molecule has 20 heavy (non-hydrogen) atoms. The number of ketones is 1. The highest BCUT2D eigenvalue weighted by molar-refractivity contribution is 5.82. The number of nitrogens with zero attached hydrogens (tertiary/aromatic N) is 1. The summed E-state index contributed by atoms with van der Waals surface area (Å²) in [5, 5.41) is 0. The van der Waals surface area contributed by atoms with E-state index in [1.165, 1.54) is 5.56 Å². The van der Waals surface area contributed by atoms with Gasteiger partial charge in [0, 0.05) is 12.5 Å². The molecule has 3 heteroatoms. The lowest BCUT2D eigenvalue weighted by molar-refractivity contribution is -0.123. The third kappa shape index (κ3) is 4.35. The maximum atomic E-state index is 12.0. The summed E-state index contributed by atoms with van der Waals surface area (Å²) in [6, 6.07) is 14.0. The van der Waals surface area contributed by atoms with E-state index in [2.05, 4.69) is 17.0 Å². The molecule has 0 unspecified atom stereocenters. The van der Waals surface area contributed by atoms with Gasteiger partial charge in [-0.25, -0.2) is 0 Å². The summed E-state index contributed by atoms with van der Waals surface area (Å²) in [7, 11) is 0. The minimum absolute atomic E-state index is 0.0601. The fourth-order valence-electron chi connectivity index (χ4n) is 2.04. The Hall–Kier alpha value is -1.87. The second-order valence-corrected chi connectivity index (χ2v) is 5.33. The molecule has 0 aliphatic rings. The van der Waals surface area contributed by atoms with E-state index in [4.69, 9.17) is 4.42 Å². The molecule has 0 amide bonds. The smallest absolute Gasteiger partial charge is 0.149 e. The summed E-state index contributed by atoms with van der Waals surface area (Å²) in [6.45, 7) is 5.74. The highest BCUT2D eigenvalue weighted by atomic mass is 16.3. The van der Waals surface area contributed by atoms with Crippen molar-refractivity contribution in [3.8, 4) is 0 Å². The molecule has 0 aliphatic carbocycles. The Bertz CT molecular complexity index is 517. The van der Waals surface area contributed by atoms with Gasteiger partial charge in [-0.05, 0) is 17.7 Å². The van der Waals surface area contributed by atoms with E-state index in [1.54, 1.807) is 6.26 Å². The van der Waals surface area contributed by atoms with Crippen molar-refractivity contribution in [2.24, 2.45) is 5.92 Å². The number of hydrogen-bond donors (Lipinski definition) is 0. The van der Waals surface area contributed by atoms with E-state index < -0.39 is 0 Å². The van der Waals surface area contributed by atoms with Crippen molar-refractivity contribution in [3.63, 3.8) is 0 Å². The number of benzene rings is 1. The highest BCUT2D eigenvalue weighted by Gasteiger charge is 2.15. The predicted molar refractivity (Wildman–Crippen MR) is 79.1 cm³/mol. The maximum Gasteiger partial charge on any atom is 0.149 e. The molecule has 1 aromatic heterocycles. The Labute approximate surface area is 120 Å². The lowest BCUT2D eigenvalue weighted by Gasteiger charge is -2.21. The maximum absolute atomic E-state index is 12.0. The van der Waals surface area contributed by atoms with E-state index in [0.29, 0.717) is 13.1 Å². The molecule has 2 rings (SSSR count). The van der Waals surface area contributed by atoms with Crippen LogP contribution in [-0.4, -0.2) is 17.2 Å². The van der Waals surface area contributed by atoms with Gasteiger partial charge in [0.2, 0.25) is 0 Å². The molecule has 0 saturated carbocycles. The largest absolute Gasteiger partial charge is 0.468 e. The fraction of sp³-hybridized carbons (Fsp3) is 0.353. The third-order valence-electron chi connectivity index (χ3n) is 3.23. The van der Waals surface area contributed by atoms with Gasteiger partial charge >= 0.3 is 0 Å². The number of rotatable bonds is 7. The molecule has 0 radical (unpaired) electrons. The van der Waals surface area contributed by atoms with Gasteiger partial charge in [0.1, 0.15) is 11.5 Å². The third-order valence-corrected chi connectivity index (χ3v) is 3.23. The first-order valence-corrected chi connectivity index (χ1v) is 6.96. The molecule has 0 atom stereocenters. The molecule has 0 N–H and O–H groups in total. The second kappa shape index (κ2) is 7.06. The van der Waals surface area contributed by atoms with Gasteiger partial charge in [-0.3, -0.25) is 9.69 Å². The minimum Gasteiger partial charge on any atom is -0.468 e. The molecule has 0 saturated heterocycles. The van der Waals surface area contributed by atoms with Crippen molar-refractivity contribution < 1.29 is 9.21 Å². The lowest BCUT2D eigenvalue weighted by atomic mass is 10.1. The summed E-state index contributed by atoms with van der Waals surface area (Å²) in [5.74, 6) is 1.20. The topological polar surface area (TPSA) is 33.5 Å². The van der Waals surface area contributed by atoms with Crippen molar-refractivity contribution >= 4 is 5.78 Å². The van der Waals surface area contributed by atoms with Crippen LogP contribution in [-0.2, 0) is 17.9 Å². The number of carbonyl (C=O) groups excluding carboxylic acids is 1. The quantitative estimate of drug-likeness (QED) is 0.772. The van der Waals surface area contributed by atoms with E-state index >= 15 is 0 Å². The zero-order valence-corrected chi connectivity index (χ0v) is 12.1. The normalized spacial score (nSPS) is 11.2. The van der Waals surface area contributed by atoms with Crippen molar-refractivity contribution in [1.29, 1.82) is 0 Å². The highest BCUT2D eigenvalue weighted by Crippen LogP contribution is 2.11. The molecule has 2 aromatic rings. The van der Waals surface area contributed by atoms with Crippen molar-refractivity contribution in [2.75, 3.05) is 6.54 Å². The van der Waals surface area contributed by atoms with Gasteiger partial charge in [-0.2, -0.15) is 0 Å². The number of hydrogen-bond acceptors (Lipinski definition) is 3. The summed E-state index contributed by atoms with van der Waals surface area (Å²) >= 11 is 0. The molecule has 0 aliphatic heterocycles. The van der Waals surface area contributed by atoms with E-state index in [0.717, 1.165) is 12.3 Å². The molecule has 106 valence electrons. The van der Waals surface area contributed by atoms with Crippen LogP contribution in [0.1, 0.15) is 25.2 Å². The zero-order valence-electron chi connectivity index (χ0n) is 12.1. The first kappa shape index (κ1) is 14.5. The Morgan fingerprint density at radius 1 is 1.10 bits per heavy atom. The van der Waals surface area contributed by atoms with Crippen LogP contribution in [0.15, 0.2) is 53.1 Å². The van der Waals surface area contributed by atoms with Gasteiger partial charge in [0.25, 0.3) is 0 Å². The standard InChI is InChI=1S/C17H21NO2/c1-14(2)17(19)13-18(12-16-9-6-10-20-16)11-15-7-4-3-5-8-15/h3-10,14H,11-13H2,1-2H3. The van der Waals surface area contributed by atoms with E-state index in [1.807, 2.05) is 44.2 Å². The van der Waals surface area contributed by atoms with Crippen LogP contribution in [0.2, 0.25) is 0 Å². The van der Waals surface area contributed by atoms with Gasteiger partial charge in [0.05, 0.1) is 19.4 Å². The predicted octanol–water partition coefficient (Wildman–Crippen LogP) is 3.51. The van der Waals surface area contributed by atoms with Gasteiger partial charge in [-0.15, -0.1) is 0 Å². The number of carbonyl (C=O) groups is 1. The van der Waals surface area contributed by atoms with Crippen LogP contribution < -0.4 is 0 Å². The van der Waals surface area contributed by atoms with Crippen molar-refractivity contribution in [2.45, 2.75) is 26.9 Å². The van der Waals surface area contributed by atoms with Crippen LogP contribution in [0, 0.1) is 5.92 Å². The van der Waals surface area contributed by atoms with Crippen molar-refractivity contribution in [1.82, 2.24) is 4.90 Å². The Balaban J connectivity index is 2.05. The SMILES string of the molecule is CC(C)C(=O)CN(Cc1ccccc1)Cc1ccco1. The average molecular weight is 271 g/mol. The molecule has 1 heterocycles. The zero-order chi connectivity index (χ0) is 14.4. The number of Topliss-reactive ketones (excluding diaryl/α,β-unsaturated/α-hetero) is 1. The molecule has 3 nitrogen and oxygen atoms in total. The van der Waals surface area contributed by atoms with E-state index in [9.17, 15) is 4.79 Å². The number of furan rings is 1. The second-order valence-electron chi connectivity index (χ2n) is 5.33. The van der Waals surface area contributed by atoms with Gasteiger partial charge < -0.3 is 4.42 Å². The van der Waals surface area contributed by atoms with Gasteiger partial charge in [-0.1, -0.05) is 44.2 Å². The summed E-state index contributed by atoms with van der Waals surface area (Å²) < 4.78 is 5.39. The van der Waals surface area contributed by atoms with Crippen molar-refractivity contribution in [3.05, 3.63) is 60.1 Å². The van der Waals surface area contributed by atoms with Crippen LogP contribution in [0.3, 0.4) is 0 Å². The lowest BCUT2D eigenvalue weighted by Crippen LogP contribution is -2.31. The van der Waals surface area contributed by atoms with Crippen LogP contribution in [0.5, 0.6) is 0 Å².